The summed E-state index contributed by atoms with van der Waals surface area (Å²) in [6.07, 6.45) is 0.580. The quantitative estimate of drug-likeness (QED) is 0.837. The van der Waals surface area contributed by atoms with E-state index in [1.807, 2.05) is 31.2 Å². The maximum Gasteiger partial charge on any atom is 0.173 e. The van der Waals surface area contributed by atoms with Crippen molar-refractivity contribution in [3.8, 4) is 0 Å². The zero-order valence-electron chi connectivity index (χ0n) is 10.5. The van der Waals surface area contributed by atoms with Crippen LogP contribution in [0.5, 0.6) is 0 Å². The Labute approximate surface area is 119 Å². The molecule has 0 aromatic heterocycles. The Morgan fingerprint density at radius 3 is 2.53 bits per heavy atom. The lowest BCUT2D eigenvalue weighted by molar-refractivity contribution is 0.500. The molecule has 1 atom stereocenters. The average Bonchev–Trinajstić information content (AvgIpc) is 2.39. The minimum atomic E-state index is -0.891. The predicted octanol–water partition coefficient (Wildman–Crippen LogP) is 4.28. The van der Waals surface area contributed by atoms with Gasteiger partial charge in [-0.15, -0.1) is 0 Å². The monoisotopic (exact) mass is 325 g/mol. The molecular weight excluding hydrogens is 312 g/mol. The number of aryl methyl sites for hydroxylation is 1. The number of halogens is 3. The summed E-state index contributed by atoms with van der Waals surface area (Å²) in [7, 11) is 0. The lowest BCUT2D eigenvalue weighted by Gasteiger charge is -2.16. The molecule has 0 aliphatic heterocycles. The van der Waals surface area contributed by atoms with Crippen LogP contribution in [-0.4, -0.2) is 0 Å². The van der Waals surface area contributed by atoms with E-state index in [9.17, 15) is 8.78 Å². The van der Waals surface area contributed by atoms with E-state index in [4.69, 9.17) is 5.73 Å². The summed E-state index contributed by atoms with van der Waals surface area (Å²) < 4.78 is 26.7. The van der Waals surface area contributed by atoms with Crippen molar-refractivity contribution in [1.82, 2.24) is 0 Å². The van der Waals surface area contributed by atoms with Crippen molar-refractivity contribution in [3.63, 3.8) is 0 Å². The SMILES string of the molecule is Cc1ccccc1CC(N)c1ccc(F)c(F)c1Br. The van der Waals surface area contributed by atoms with Crippen LogP contribution >= 0.6 is 15.9 Å². The number of nitrogens with two attached hydrogens (primary N) is 1. The van der Waals surface area contributed by atoms with Crippen molar-refractivity contribution >= 4 is 15.9 Å². The van der Waals surface area contributed by atoms with Crippen molar-refractivity contribution < 1.29 is 8.78 Å². The number of rotatable bonds is 3. The Balaban J connectivity index is 2.28. The molecule has 2 N–H and O–H groups in total. The van der Waals surface area contributed by atoms with E-state index in [-0.39, 0.29) is 10.5 Å². The largest absolute Gasteiger partial charge is 0.324 e. The van der Waals surface area contributed by atoms with Crippen molar-refractivity contribution in [2.24, 2.45) is 5.73 Å². The summed E-state index contributed by atoms with van der Waals surface area (Å²) >= 11 is 3.07. The number of benzene rings is 2. The van der Waals surface area contributed by atoms with Gasteiger partial charge in [0.05, 0.1) is 4.47 Å². The van der Waals surface area contributed by atoms with Crippen LogP contribution < -0.4 is 5.73 Å². The summed E-state index contributed by atoms with van der Waals surface area (Å²) in [4.78, 5) is 0. The summed E-state index contributed by atoms with van der Waals surface area (Å²) in [6.45, 7) is 2.00. The first kappa shape index (κ1) is 14.2. The molecule has 0 heterocycles. The minimum Gasteiger partial charge on any atom is -0.324 e. The average molecular weight is 326 g/mol. The van der Waals surface area contributed by atoms with Crippen molar-refractivity contribution in [1.29, 1.82) is 0 Å². The first-order chi connectivity index (χ1) is 9.00. The third kappa shape index (κ3) is 3.01. The third-order valence-corrected chi connectivity index (χ3v) is 3.97. The van der Waals surface area contributed by atoms with Gasteiger partial charge in [0.2, 0.25) is 0 Å². The van der Waals surface area contributed by atoms with Crippen LogP contribution in [0.3, 0.4) is 0 Å². The van der Waals surface area contributed by atoms with E-state index in [2.05, 4.69) is 15.9 Å². The van der Waals surface area contributed by atoms with E-state index in [0.29, 0.717) is 12.0 Å². The van der Waals surface area contributed by atoms with Crippen LogP contribution in [0.4, 0.5) is 8.78 Å². The lowest BCUT2D eigenvalue weighted by atomic mass is 9.97. The van der Waals surface area contributed by atoms with Gasteiger partial charge in [-0.3, -0.25) is 0 Å². The van der Waals surface area contributed by atoms with Gasteiger partial charge in [0.15, 0.2) is 11.6 Å². The highest BCUT2D eigenvalue weighted by Gasteiger charge is 2.17. The molecule has 0 fully saturated rings. The second-order valence-electron chi connectivity index (χ2n) is 4.50. The molecule has 19 heavy (non-hydrogen) atoms. The molecule has 4 heteroatoms. The van der Waals surface area contributed by atoms with E-state index < -0.39 is 11.6 Å². The molecule has 2 aromatic carbocycles. The Morgan fingerprint density at radius 2 is 1.84 bits per heavy atom. The fourth-order valence-electron chi connectivity index (χ4n) is 2.01. The Bertz CT molecular complexity index is 599. The van der Waals surface area contributed by atoms with E-state index in [1.54, 1.807) is 0 Å². The Kier molecular flexibility index (Phi) is 4.32. The second-order valence-corrected chi connectivity index (χ2v) is 5.29. The highest BCUT2D eigenvalue weighted by molar-refractivity contribution is 9.10. The van der Waals surface area contributed by atoms with Crippen LogP contribution in [0, 0.1) is 18.6 Å². The standard InChI is InChI=1S/C15H14BrF2N/c1-9-4-2-3-5-10(9)8-13(19)11-6-7-12(17)15(18)14(11)16/h2-7,13H,8,19H2,1H3. The lowest BCUT2D eigenvalue weighted by Crippen LogP contribution is -2.15. The number of hydrogen-bond acceptors (Lipinski definition) is 1. The van der Waals surface area contributed by atoms with E-state index >= 15 is 0 Å². The molecule has 0 saturated carbocycles. The summed E-state index contributed by atoms with van der Waals surface area (Å²) in [6, 6.07) is 10.1. The molecule has 2 aromatic rings. The molecular formula is C15H14BrF2N. The normalized spacial score (nSPS) is 12.5. The van der Waals surface area contributed by atoms with Crippen molar-refractivity contribution in [2.45, 2.75) is 19.4 Å². The van der Waals surface area contributed by atoms with Crippen LogP contribution in [0.15, 0.2) is 40.9 Å². The van der Waals surface area contributed by atoms with Gasteiger partial charge in [-0.1, -0.05) is 30.3 Å². The van der Waals surface area contributed by atoms with Gasteiger partial charge >= 0.3 is 0 Å². The second kappa shape index (κ2) is 5.80. The molecule has 0 saturated heterocycles. The molecule has 0 radical (unpaired) electrons. The molecule has 0 bridgehead atoms. The third-order valence-electron chi connectivity index (χ3n) is 3.17. The fraction of sp³-hybridized carbons (Fsp3) is 0.200. The first-order valence-electron chi connectivity index (χ1n) is 5.94. The number of hydrogen-bond donors (Lipinski definition) is 1. The Morgan fingerprint density at radius 1 is 1.16 bits per heavy atom. The highest BCUT2D eigenvalue weighted by Crippen LogP contribution is 2.29. The maximum atomic E-state index is 13.5. The van der Waals surface area contributed by atoms with Gasteiger partial charge in [-0.05, 0) is 52.0 Å². The van der Waals surface area contributed by atoms with Crippen LogP contribution in [0.25, 0.3) is 0 Å². The van der Waals surface area contributed by atoms with Crippen LogP contribution in [-0.2, 0) is 6.42 Å². The molecule has 0 spiro atoms. The van der Waals surface area contributed by atoms with Gasteiger partial charge in [0, 0.05) is 6.04 Å². The molecule has 0 amide bonds. The van der Waals surface area contributed by atoms with Gasteiger partial charge in [0.1, 0.15) is 0 Å². The molecule has 1 unspecified atom stereocenters. The molecule has 1 nitrogen and oxygen atoms in total. The summed E-state index contributed by atoms with van der Waals surface area (Å²) in [5.41, 5.74) is 8.91. The zero-order chi connectivity index (χ0) is 14.0. The van der Waals surface area contributed by atoms with Crippen LogP contribution in [0.2, 0.25) is 0 Å². The summed E-state index contributed by atoms with van der Waals surface area (Å²) in [5, 5.41) is 0. The molecule has 100 valence electrons. The summed E-state index contributed by atoms with van der Waals surface area (Å²) in [5.74, 6) is -1.77. The van der Waals surface area contributed by atoms with Gasteiger partial charge in [-0.2, -0.15) is 0 Å². The highest BCUT2D eigenvalue weighted by atomic mass is 79.9. The molecule has 0 aliphatic rings. The van der Waals surface area contributed by atoms with Gasteiger partial charge < -0.3 is 5.73 Å². The van der Waals surface area contributed by atoms with Gasteiger partial charge in [-0.25, -0.2) is 8.78 Å². The minimum absolute atomic E-state index is 0.105. The zero-order valence-corrected chi connectivity index (χ0v) is 12.0. The topological polar surface area (TPSA) is 26.0 Å². The molecule has 0 aliphatic carbocycles. The maximum absolute atomic E-state index is 13.5. The van der Waals surface area contributed by atoms with Crippen LogP contribution in [0.1, 0.15) is 22.7 Å². The predicted molar refractivity (Wildman–Crippen MR) is 75.9 cm³/mol. The smallest absolute Gasteiger partial charge is 0.173 e. The van der Waals surface area contributed by atoms with Gasteiger partial charge in [0.25, 0.3) is 0 Å². The fourth-order valence-corrected chi connectivity index (χ4v) is 2.63. The van der Waals surface area contributed by atoms with E-state index in [1.165, 1.54) is 6.07 Å². The van der Waals surface area contributed by atoms with Crippen molar-refractivity contribution in [3.05, 3.63) is 69.2 Å². The Hall–Kier alpha value is -1.26. The van der Waals surface area contributed by atoms with Crippen molar-refractivity contribution in [2.75, 3.05) is 0 Å². The first-order valence-corrected chi connectivity index (χ1v) is 6.73. The molecule has 2 rings (SSSR count). The van der Waals surface area contributed by atoms with E-state index in [0.717, 1.165) is 17.2 Å².